The zero-order valence-corrected chi connectivity index (χ0v) is 20.9. The smallest absolute Gasteiger partial charge is 0.234 e. The number of benzene rings is 2. The molecule has 0 spiro atoms. The van der Waals surface area contributed by atoms with Gasteiger partial charge in [0.1, 0.15) is 12.1 Å². The summed E-state index contributed by atoms with van der Waals surface area (Å²) >= 11 is 0. The summed E-state index contributed by atoms with van der Waals surface area (Å²) in [7, 11) is -7.18. The topological polar surface area (TPSA) is 114 Å². The first-order valence-electron chi connectivity index (χ1n) is 11.7. The summed E-state index contributed by atoms with van der Waals surface area (Å²) in [6.07, 6.45) is 2.54. The molecule has 186 valence electrons. The van der Waals surface area contributed by atoms with Crippen molar-refractivity contribution in [2.75, 3.05) is 13.1 Å². The summed E-state index contributed by atoms with van der Waals surface area (Å²) in [4.78, 5) is 0. The summed E-state index contributed by atoms with van der Waals surface area (Å²) in [6, 6.07) is 17.0. The zero-order valence-electron chi connectivity index (χ0n) is 19.2. The highest BCUT2D eigenvalue weighted by Crippen LogP contribution is 2.38. The van der Waals surface area contributed by atoms with Gasteiger partial charge in [0.25, 0.3) is 0 Å². The Bertz CT molecular complexity index is 1260. The normalized spacial score (nSPS) is 22.1. The standard InChI is InChI=1S/C24H28N4O5S2/c29-34(30,17-19-9-3-1-4-10-19)27-15-7-13-21(27)23-25-26-24(33-23)22-14-8-16-28(22)35(31,32)18-20-11-5-2-6-12-20/h1-6,9-12,21-22H,7-8,13-18H2/t21-,22?/m0/s1. The van der Waals surface area contributed by atoms with Crippen molar-refractivity contribution in [2.45, 2.75) is 49.3 Å². The van der Waals surface area contributed by atoms with Crippen LogP contribution in [0.3, 0.4) is 0 Å². The molecule has 11 heteroatoms. The van der Waals surface area contributed by atoms with E-state index in [1.165, 1.54) is 8.61 Å². The Morgan fingerprint density at radius 1 is 0.686 bits per heavy atom. The minimum Gasteiger partial charge on any atom is -0.422 e. The van der Waals surface area contributed by atoms with Crippen LogP contribution in [-0.4, -0.2) is 48.7 Å². The highest BCUT2D eigenvalue weighted by molar-refractivity contribution is 7.88. The average molecular weight is 517 g/mol. The lowest BCUT2D eigenvalue weighted by molar-refractivity contribution is 0.286. The maximum atomic E-state index is 13.2. The second-order valence-electron chi connectivity index (χ2n) is 9.00. The molecule has 2 aromatic carbocycles. The molecule has 5 rings (SSSR count). The van der Waals surface area contributed by atoms with Gasteiger partial charge in [-0.3, -0.25) is 0 Å². The minimum atomic E-state index is -3.59. The molecule has 2 saturated heterocycles. The van der Waals surface area contributed by atoms with Crippen molar-refractivity contribution in [1.29, 1.82) is 0 Å². The second-order valence-corrected chi connectivity index (χ2v) is 12.8. The number of aromatic nitrogens is 2. The summed E-state index contributed by atoms with van der Waals surface area (Å²) in [5.74, 6) is 0.252. The van der Waals surface area contributed by atoms with Crippen molar-refractivity contribution in [2.24, 2.45) is 0 Å². The van der Waals surface area contributed by atoms with Gasteiger partial charge in [0, 0.05) is 13.1 Å². The lowest BCUT2D eigenvalue weighted by Gasteiger charge is -2.22. The Hall–Kier alpha value is -2.60. The van der Waals surface area contributed by atoms with Crippen LogP contribution in [0.5, 0.6) is 0 Å². The SMILES string of the molecule is O=S(=O)(Cc1ccccc1)N1CCCC1c1nnc([C@@H]2CCCN2S(=O)(=O)Cc2ccccc2)o1. The van der Waals surface area contributed by atoms with Crippen LogP contribution in [0.15, 0.2) is 65.1 Å². The summed E-state index contributed by atoms with van der Waals surface area (Å²) in [5, 5.41) is 8.34. The largest absolute Gasteiger partial charge is 0.422 e. The molecular weight excluding hydrogens is 488 g/mol. The number of hydrogen-bond donors (Lipinski definition) is 0. The molecule has 3 aromatic rings. The van der Waals surface area contributed by atoms with E-state index in [4.69, 9.17) is 4.42 Å². The summed E-state index contributed by atoms with van der Waals surface area (Å²) in [5.41, 5.74) is 1.43. The van der Waals surface area contributed by atoms with Gasteiger partial charge in [-0.2, -0.15) is 8.61 Å². The molecule has 35 heavy (non-hydrogen) atoms. The van der Waals surface area contributed by atoms with E-state index < -0.39 is 32.1 Å². The molecule has 9 nitrogen and oxygen atoms in total. The van der Waals surface area contributed by atoms with Crippen LogP contribution in [0.25, 0.3) is 0 Å². The van der Waals surface area contributed by atoms with Gasteiger partial charge in [-0.15, -0.1) is 10.2 Å². The molecule has 2 aliphatic heterocycles. The van der Waals surface area contributed by atoms with Gasteiger partial charge in [-0.25, -0.2) is 16.8 Å². The third-order valence-electron chi connectivity index (χ3n) is 6.53. The van der Waals surface area contributed by atoms with Gasteiger partial charge >= 0.3 is 0 Å². The number of hydrogen-bond acceptors (Lipinski definition) is 7. The van der Waals surface area contributed by atoms with Crippen LogP contribution in [0, 0.1) is 0 Å². The molecule has 0 bridgehead atoms. The predicted octanol–water partition coefficient (Wildman–Crippen LogP) is 3.40. The van der Waals surface area contributed by atoms with Crippen LogP contribution >= 0.6 is 0 Å². The Labute approximate surface area is 205 Å². The monoisotopic (exact) mass is 516 g/mol. The summed E-state index contributed by atoms with van der Waals surface area (Å²) < 4.78 is 61.5. The first kappa shape index (κ1) is 24.1. The van der Waals surface area contributed by atoms with Crippen molar-refractivity contribution in [3.8, 4) is 0 Å². The average Bonchev–Trinajstić information content (AvgIpc) is 3.60. The molecule has 1 unspecified atom stereocenters. The molecule has 2 fully saturated rings. The fourth-order valence-electron chi connectivity index (χ4n) is 4.89. The highest BCUT2D eigenvalue weighted by atomic mass is 32.2. The molecule has 2 aliphatic rings. The lowest BCUT2D eigenvalue weighted by Crippen LogP contribution is -2.32. The van der Waals surface area contributed by atoms with Crippen LogP contribution in [0.1, 0.15) is 60.7 Å². The van der Waals surface area contributed by atoms with Crippen molar-refractivity contribution >= 4 is 20.0 Å². The third kappa shape index (κ3) is 5.18. The highest BCUT2D eigenvalue weighted by Gasteiger charge is 2.41. The molecule has 2 atom stereocenters. The molecule has 0 N–H and O–H groups in total. The first-order chi connectivity index (χ1) is 16.8. The first-order valence-corrected chi connectivity index (χ1v) is 15.0. The number of nitrogens with zero attached hydrogens (tertiary/aromatic N) is 4. The predicted molar refractivity (Wildman–Crippen MR) is 130 cm³/mol. The molecule has 3 heterocycles. The van der Waals surface area contributed by atoms with Gasteiger partial charge in [0.15, 0.2) is 0 Å². The van der Waals surface area contributed by atoms with Crippen molar-refractivity contribution in [3.05, 3.63) is 83.6 Å². The lowest BCUT2D eigenvalue weighted by atomic mass is 10.2. The Morgan fingerprint density at radius 3 is 1.49 bits per heavy atom. The fraction of sp³-hybridized carbons (Fsp3) is 0.417. The van der Waals surface area contributed by atoms with Crippen LogP contribution in [0.4, 0.5) is 0 Å². The van der Waals surface area contributed by atoms with E-state index in [9.17, 15) is 16.8 Å². The molecule has 0 radical (unpaired) electrons. The zero-order chi connectivity index (χ0) is 24.5. The fourth-order valence-corrected chi connectivity index (χ4v) is 8.43. The van der Waals surface area contributed by atoms with Crippen LogP contribution in [0.2, 0.25) is 0 Å². The molecular formula is C24H28N4O5S2. The third-order valence-corrected chi connectivity index (χ3v) is 10.2. The maximum Gasteiger partial charge on any atom is 0.234 e. The summed E-state index contributed by atoms with van der Waals surface area (Å²) in [6.45, 7) is 0.775. The molecule has 0 amide bonds. The van der Waals surface area contributed by atoms with Gasteiger partial charge in [-0.1, -0.05) is 60.7 Å². The van der Waals surface area contributed by atoms with Crippen molar-refractivity contribution in [3.63, 3.8) is 0 Å². The maximum absolute atomic E-state index is 13.2. The van der Waals surface area contributed by atoms with Crippen molar-refractivity contribution in [1.82, 2.24) is 18.8 Å². The van der Waals surface area contributed by atoms with E-state index in [2.05, 4.69) is 10.2 Å². The quantitative estimate of drug-likeness (QED) is 0.451. The van der Waals surface area contributed by atoms with E-state index in [1.807, 2.05) is 36.4 Å². The second kappa shape index (κ2) is 9.81. The Balaban J connectivity index is 1.34. The van der Waals surface area contributed by atoms with E-state index in [0.29, 0.717) is 38.8 Å². The van der Waals surface area contributed by atoms with E-state index in [-0.39, 0.29) is 23.3 Å². The molecule has 1 aromatic heterocycles. The van der Waals surface area contributed by atoms with Gasteiger partial charge in [0.05, 0.1) is 11.5 Å². The Kier molecular flexibility index (Phi) is 6.75. The van der Waals surface area contributed by atoms with Crippen LogP contribution < -0.4 is 0 Å². The van der Waals surface area contributed by atoms with Crippen LogP contribution in [-0.2, 0) is 31.6 Å². The number of rotatable bonds is 8. The van der Waals surface area contributed by atoms with Gasteiger partial charge in [-0.05, 0) is 36.8 Å². The number of sulfonamides is 2. The van der Waals surface area contributed by atoms with Gasteiger partial charge in [0.2, 0.25) is 31.8 Å². The molecule has 0 aliphatic carbocycles. The van der Waals surface area contributed by atoms with E-state index >= 15 is 0 Å². The molecule has 0 saturated carbocycles. The van der Waals surface area contributed by atoms with E-state index in [0.717, 1.165) is 11.1 Å². The minimum absolute atomic E-state index is 0.0978. The van der Waals surface area contributed by atoms with Crippen molar-refractivity contribution < 1.29 is 21.3 Å². The Morgan fingerprint density at radius 2 is 1.09 bits per heavy atom. The van der Waals surface area contributed by atoms with E-state index in [1.54, 1.807) is 24.3 Å². The van der Waals surface area contributed by atoms with Gasteiger partial charge < -0.3 is 4.42 Å².